The number of methoxy groups -OCH3 is 1. The summed E-state index contributed by atoms with van der Waals surface area (Å²) in [6, 6.07) is 22.0. The quantitative estimate of drug-likeness (QED) is 0.205. The first-order valence-electron chi connectivity index (χ1n) is 11.5. The molecule has 0 fully saturated rings. The molecule has 0 amide bonds. The van der Waals surface area contributed by atoms with Crippen molar-refractivity contribution >= 4 is 52.2 Å². The molecule has 1 unspecified atom stereocenters. The second-order valence-electron chi connectivity index (χ2n) is 8.10. The maximum Gasteiger partial charge on any atom is 0.339 e. The minimum atomic E-state index is -1.11. The Hall–Kier alpha value is -3.58. The Balaban J connectivity index is 1.53. The minimum Gasteiger partial charge on any atom is -0.497 e. The molecular formula is C29H25Cl2NO5. The van der Waals surface area contributed by atoms with Gasteiger partial charge in [0.25, 0.3) is 0 Å². The molecule has 1 heterocycles. The number of aromatic nitrogens is 1. The fraction of sp³-hybridized carbons (Fsp3) is 0.172. The van der Waals surface area contributed by atoms with Crippen molar-refractivity contribution in [1.82, 2.24) is 4.98 Å². The highest BCUT2D eigenvalue weighted by Crippen LogP contribution is 2.27. The molecule has 0 saturated carbocycles. The first kappa shape index (κ1) is 26.5. The predicted molar refractivity (Wildman–Crippen MR) is 147 cm³/mol. The molecule has 1 atom stereocenters. The number of alkyl halides is 1. The number of halogens is 2. The van der Waals surface area contributed by atoms with Crippen molar-refractivity contribution in [3.8, 4) is 11.5 Å². The molecule has 190 valence electrons. The Morgan fingerprint density at radius 3 is 2.68 bits per heavy atom. The molecule has 0 aliphatic heterocycles. The second-order valence-corrected chi connectivity index (χ2v) is 8.92. The van der Waals surface area contributed by atoms with E-state index in [0.29, 0.717) is 23.3 Å². The van der Waals surface area contributed by atoms with E-state index in [2.05, 4.69) is 4.98 Å². The molecule has 8 heteroatoms. The second kappa shape index (κ2) is 12.6. The normalized spacial score (nSPS) is 12.1. The van der Waals surface area contributed by atoms with Crippen LogP contribution in [0, 0.1) is 0 Å². The SMILES string of the molecule is COc1ccc(OCC(OCCCl)c2cccc(/C=C/c3ccc4ccc(Cl)cc4n3)c2)c(C(=O)O)c1. The number of benzene rings is 3. The zero-order valence-electron chi connectivity index (χ0n) is 20.1. The zero-order chi connectivity index (χ0) is 26.2. The van der Waals surface area contributed by atoms with Crippen LogP contribution in [-0.2, 0) is 4.74 Å². The summed E-state index contributed by atoms with van der Waals surface area (Å²) in [5.41, 5.74) is 3.46. The van der Waals surface area contributed by atoms with E-state index in [-0.39, 0.29) is 17.9 Å². The number of fused-ring (bicyclic) bond motifs is 1. The number of carbonyl (C=O) groups is 1. The number of aromatic carboxylic acids is 1. The highest BCUT2D eigenvalue weighted by atomic mass is 35.5. The molecule has 0 bridgehead atoms. The molecule has 0 saturated heterocycles. The highest BCUT2D eigenvalue weighted by molar-refractivity contribution is 6.31. The van der Waals surface area contributed by atoms with E-state index in [1.165, 1.54) is 13.2 Å². The Bertz CT molecular complexity index is 1420. The monoisotopic (exact) mass is 537 g/mol. The van der Waals surface area contributed by atoms with Crippen molar-refractivity contribution in [2.24, 2.45) is 0 Å². The number of nitrogens with zero attached hydrogens (tertiary/aromatic N) is 1. The van der Waals surface area contributed by atoms with Crippen LogP contribution in [0.1, 0.15) is 33.3 Å². The topological polar surface area (TPSA) is 77.9 Å². The van der Waals surface area contributed by atoms with Crippen molar-refractivity contribution in [1.29, 1.82) is 0 Å². The third-order valence-electron chi connectivity index (χ3n) is 5.61. The molecule has 0 spiro atoms. The van der Waals surface area contributed by atoms with Gasteiger partial charge in [0, 0.05) is 16.3 Å². The number of carboxylic acid groups (broad SMARTS) is 1. The molecule has 3 aromatic carbocycles. The van der Waals surface area contributed by atoms with Crippen LogP contribution in [-0.4, -0.2) is 42.3 Å². The number of pyridine rings is 1. The predicted octanol–water partition coefficient (Wildman–Crippen LogP) is 7.14. The van der Waals surface area contributed by atoms with Gasteiger partial charge in [-0.3, -0.25) is 0 Å². The Labute approximate surface area is 225 Å². The zero-order valence-corrected chi connectivity index (χ0v) is 21.6. The Morgan fingerprint density at radius 2 is 1.89 bits per heavy atom. The maximum absolute atomic E-state index is 11.7. The van der Waals surface area contributed by atoms with E-state index in [0.717, 1.165) is 27.7 Å². The third kappa shape index (κ3) is 7.01. The average Bonchev–Trinajstić information content (AvgIpc) is 2.91. The van der Waals surface area contributed by atoms with Crippen LogP contribution < -0.4 is 9.47 Å². The van der Waals surface area contributed by atoms with Gasteiger partial charge in [-0.1, -0.05) is 48.0 Å². The molecule has 37 heavy (non-hydrogen) atoms. The molecule has 0 radical (unpaired) electrons. The molecule has 4 aromatic rings. The van der Waals surface area contributed by atoms with Gasteiger partial charge in [-0.2, -0.15) is 0 Å². The van der Waals surface area contributed by atoms with Gasteiger partial charge >= 0.3 is 5.97 Å². The summed E-state index contributed by atoms with van der Waals surface area (Å²) in [7, 11) is 1.48. The van der Waals surface area contributed by atoms with Crippen LogP contribution in [0.15, 0.2) is 72.8 Å². The summed E-state index contributed by atoms with van der Waals surface area (Å²) >= 11 is 12.0. The van der Waals surface area contributed by atoms with Gasteiger partial charge in [-0.05, 0) is 59.7 Å². The van der Waals surface area contributed by atoms with Crippen molar-refractivity contribution in [2.75, 3.05) is 26.2 Å². The number of hydrogen-bond acceptors (Lipinski definition) is 5. The highest BCUT2D eigenvalue weighted by Gasteiger charge is 2.18. The lowest BCUT2D eigenvalue weighted by Gasteiger charge is -2.20. The van der Waals surface area contributed by atoms with Gasteiger partial charge in [-0.25, -0.2) is 9.78 Å². The molecule has 4 rings (SSSR count). The van der Waals surface area contributed by atoms with Gasteiger partial charge < -0.3 is 19.3 Å². The summed E-state index contributed by atoms with van der Waals surface area (Å²) in [4.78, 5) is 16.4. The molecular weight excluding hydrogens is 513 g/mol. The lowest BCUT2D eigenvalue weighted by Crippen LogP contribution is -2.16. The van der Waals surface area contributed by atoms with Gasteiger partial charge in [-0.15, -0.1) is 11.6 Å². The molecule has 1 aromatic heterocycles. The fourth-order valence-electron chi connectivity index (χ4n) is 3.77. The smallest absolute Gasteiger partial charge is 0.339 e. The van der Waals surface area contributed by atoms with E-state index in [4.69, 9.17) is 37.4 Å². The Kier molecular flexibility index (Phi) is 9.01. The first-order chi connectivity index (χ1) is 18.0. The first-order valence-corrected chi connectivity index (χ1v) is 12.4. The standard InChI is InChI=1S/C29H25Cl2NO5/c1-35-24-11-12-27(25(17-24)29(33)34)37-18-28(36-14-13-30)21-4-2-3-19(15-21)5-9-23-10-7-20-6-8-22(31)16-26(20)32-23/h2-12,15-17,28H,13-14,18H2,1H3,(H,33,34)/b9-5+. The van der Waals surface area contributed by atoms with Gasteiger partial charge in [0.15, 0.2) is 0 Å². The Morgan fingerprint density at radius 1 is 1.05 bits per heavy atom. The lowest BCUT2D eigenvalue weighted by molar-refractivity contribution is 0.0270. The molecule has 6 nitrogen and oxygen atoms in total. The fourth-order valence-corrected chi connectivity index (χ4v) is 4.02. The largest absolute Gasteiger partial charge is 0.497 e. The van der Waals surface area contributed by atoms with E-state index in [1.54, 1.807) is 12.1 Å². The van der Waals surface area contributed by atoms with E-state index >= 15 is 0 Å². The van der Waals surface area contributed by atoms with Crippen molar-refractivity contribution in [3.05, 3.63) is 100 Å². The van der Waals surface area contributed by atoms with E-state index in [1.807, 2.05) is 66.7 Å². The average molecular weight is 538 g/mol. The van der Waals surface area contributed by atoms with Crippen LogP contribution in [0.25, 0.3) is 23.1 Å². The van der Waals surface area contributed by atoms with Crippen molar-refractivity contribution in [3.63, 3.8) is 0 Å². The number of hydrogen-bond donors (Lipinski definition) is 1. The molecule has 1 N–H and O–H groups in total. The third-order valence-corrected chi connectivity index (χ3v) is 6.00. The lowest BCUT2D eigenvalue weighted by atomic mass is 10.1. The van der Waals surface area contributed by atoms with Gasteiger partial charge in [0.1, 0.15) is 29.8 Å². The summed E-state index contributed by atoms with van der Waals surface area (Å²) < 4.78 is 17.0. The summed E-state index contributed by atoms with van der Waals surface area (Å²) in [5, 5.41) is 11.2. The van der Waals surface area contributed by atoms with Crippen LogP contribution in [0.5, 0.6) is 11.5 Å². The number of carboxylic acids is 1. The van der Waals surface area contributed by atoms with Crippen LogP contribution in [0.3, 0.4) is 0 Å². The summed E-state index contributed by atoms with van der Waals surface area (Å²) in [6.45, 7) is 0.414. The van der Waals surface area contributed by atoms with E-state index < -0.39 is 12.1 Å². The minimum absolute atomic E-state index is 0.0105. The summed E-state index contributed by atoms with van der Waals surface area (Å²) in [6.07, 6.45) is 3.44. The van der Waals surface area contributed by atoms with Crippen molar-refractivity contribution in [2.45, 2.75) is 6.10 Å². The number of ether oxygens (including phenoxy) is 3. The van der Waals surface area contributed by atoms with E-state index in [9.17, 15) is 9.90 Å². The van der Waals surface area contributed by atoms with Crippen LogP contribution in [0.4, 0.5) is 0 Å². The number of rotatable bonds is 11. The van der Waals surface area contributed by atoms with Gasteiger partial charge in [0.2, 0.25) is 0 Å². The summed E-state index contributed by atoms with van der Waals surface area (Å²) in [5.74, 6) is -0.130. The van der Waals surface area contributed by atoms with Crippen LogP contribution in [0.2, 0.25) is 5.02 Å². The molecule has 0 aliphatic carbocycles. The molecule has 0 aliphatic rings. The maximum atomic E-state index is 11.7. The van der Waals surface area contributed by atoms with Gasteiger partial charge in [0.05, 0.1) is 24.9 Å². The van der Waals surface area contributed by atoms with Crippen LogP contribution >= 0.6 is 23.2 Å². The van der Waals surface area contributed by atoms with Crippen molar-refractivity contribution < 1.29 is 24.1 Å².